The Labute approximate surface area is 195 Å². The Kier molecular flexibility index (Phi) is 6.62. The van der Waals surface area contributed by atoms with Crippen molar-refractivity contribution in [2.24, 2.45) is 0 Å². The summed E-state index contributed by atoms with van der Waals surface area (Å²) >= 11 is 1.41. The molecule has 0 spiro atoms. The lowest BCUT2D eigenvalue weighted by atomic mass is 10.1. The Morgan fingerprint density at radius 3 is 2.58 bits per heavy atom. The Morgan fingerprint density at radius 2 is 1.88 bits per heavy atom. The van der Waals surface area contributed by atoms with E-state index >= 15 is 0 Å². The Hall–Kier alpha value is -3.04. The topological polar surface area (TPSA) is 80.5 Å². The summed E-state index contributed by atoms with van der Waals surface area (Å²) in [7, 11) is -3.61. The van der Waals surface area contributed by atoms with Crippen LogP contribution < -0.4 is 4.90 Å². The molecule has 4 aromatic rings. The molecule has 2 aromatic heterocycles. The van der Waals surface area contributed by atoms with E-state index in [-0.39, 0.29) is 35.9 Å². The van der Waals surface area contributed by atoms with Crippen LogP contribution in [0.1, 0.15) is 29.7 Å². The fourth-order valence-corrected chi connectivity index (χ4v) is 5.81. The number of hydrogen-bond donors (Lipinski definition) is 0. The van der Waals surface area contributed by atoms with Crippen molar-refractivity contribution in [2.45, 2.75) is 38.1 Å². The molecule has 0 fully saturated rings. The largest absolute Gasteiger partial charge is 0.467 e. The normalized spacial score (nSPS) is 11.7. The first-order valence-electron chi connectivity index (χ1n) is 10.4. The van der Waals surface area contributed by atoms with E-state index in [1.54, 1.807) is 23.3 Å². The minimum Gasteiger partial charge on any atom is -0.467 e. The minimum absolute atomic E-state index is 0.0229. The van der Waals surface area contributed by atoms with Gasteiger partial charge in [0.15, 0.2) is 15.0 Å². The van der Waals surface area contributed by atoms with Gasteiger partial charge >= 0.3 is 0 Å². The SMILES string of the molecule is Cc1ccc2sc(N(Cc3ccco3)C(=O)CCCS(=O)(=O)c3ccc(F)cc3)nc2c1C. The number of thiazole rings is 1. The average molecular weight is 487 g/mol. The van der Waals surface area contributed by atoms with Crippen molar-refractivity contribution in [2.75, 3.05) is 10.7 Å². The van der Waals surface area contributed by atoms with E-state index in [4.69, 9.17) is 9.40 Å². The van der Waals surface area contributed by atoms with Crippen LogP contribution in [0.15, 0.2) is 64.1 Å². The van der Waals surface area contributed by atoms with Gasteiger partial charge in [-0.2, -0.15) is 0 Å². The number of rotatable bonds is 8. The highest BCUT2D eigenvalue weighted by atomic mass is 32.2. The molecule has 1 amide bonds. The zero-order valence-electron chi connectivity index (χ0n) is 18.2. The molecule has 6 nitrogen and oxygen atoms in total. The highest BCUT2D eigenvalue weighted by Crippen LogP contribution is 2.33. The summed E-state index contributed by atoms with van der Waals surface area (Å²) in [5, 5.41) is 0.543. The number of aromatic nitrogens is 1. The number of anilines is 1. The van der Waals surface area contributed by atoms with E-state index < -0.39 is 15.7 Å². The van der Waals surface area contributed by atoms with Crippen LogP contribution in [0.5, 0.6) is 0 Å². The fraction of sp³-hybridized carbons (Fsp3) is 0.250. The summed E-state index contributed by atoms with van der Waals surface area (Å²) in [4.78, 5) is 19.5. The highest BCUT2D eigenvalue weighted by Gasteiger charge is 2.23. The van der Waals surface area contributed by atoms with Crippen molar-refractivity contribution in [1.29, 1.82) is 0 Å². The van der Waals surface area contributed by atoms with Gasteiger partial charge in [0.2, 0.25) is 5.91 Å². The maximum absolute atomic E-state index is 13.2. The van der Waals surface area contributed by atoms with Gasteiger partial charge in [0, 0.05) is 6.42 Å². The van der Waals surface area contributed by atoms with Crippen molar-refractivity contribution >= 4 is 42.4 Å². The molecule has 4 rings (SSSR count). The van der Waals surface area contributed by atoms with Gasteiger partial charge in [0.25, 0.3) is 0 Å². The molecule has 0 atom stereocenters. The molecule has 33 heavy (non-hydrogen) atoms. The van der Waals surface area contributed by atoms with E-state index in [9.17, 15) is 17.6 Å². The standard InChI is InChI=1S/C24H23FN2O4S2/c1-16-7-12-21-23(17(16)2)26-24(32-21)27(15-19-5-3-13-31-19)22(28)6-4-14-33(29,30)20-10-8-18(25)9-11-20/h3,5,7-13H,4,6,14-15H2,1-2H3. The summed E-state index contributed by atoms with van der Waals surface area (Å²) in [6.07, 6.45) is 1.70. The van der Waals surface area contributed by atoms with Gasteiger partial charge in [-0.15, -0.1) is 0 Å². The molecular weight excluding hydrogens is 463 g/mol. The van der Waals surface area contributed by atoms with E-state index in [0.717, 1.165) is 33.5 Å². The second kappa shape index (κ2) is 9.44. The third-order valence-electron chi connectivity index (χ3n) is 5.48. The lowest BCUT2D eigenvalue weighted by Gasteiger charge is -2.18. The van der Waals surface area contributed by atoms with Gasteiger partial charge in [0.1, 0.15) is 11.6 Å². The first kappa shape index (κ1) is 23.1. The van der Waals surface area contributed by atoms with Gasteiger partial charge in [-0.3, -0.25) is 9.69 Å². The van der Waals surface area contributed by atoms with E-state index in [2.05, 4.69) is 0 Å². The lowest BCUT2D eigenvalue weighted by Crippen LogP contribution is -2.30. The summed E-state index contributed by atoms with van der Waals surface area (Å²) in [5.74, 6) is -0.348. The van der Waals surface area contributed by atoms with E-state index in [1.165, 1.54) is 23.5 Å². The Bertz CT molecular complexity index is 1380. The average Bonchev–Trinajstić information content (AvgIpc) is 3.45. The van der Waals surface area contributed by atoms with Crippen LogP contribution in [0.3, 0.4) is 0 Å². The summed E-state index contributed by atoms with van der Waals surface area (Å²) in [6.45, 7) is 4.22. The number of amides is 1. The minimum atomic E-state index is -3.61. The predicted octanol–water partition coefficient (Wildman–Crippen LogP) is 5.43. The molecule has 0 aliphatic carbocycles. The quantitative estimate of drug-likeness (QED) is 0.310. The molecule has 172 valence electrons. The lowest BCUT2D eigenvalue weighted by molar-refractivity contribution is -0.118. The van der Waals surface area contributed by atoms with Crippen molar-refractivity contribution in [3.63, 3.8) is 0 Å². The third kappa shape index (κ3) is 5.15. The Morgan fingerprint density at radius 1 is 1.12 bits per heavy atom. The zero-order chi connectivity index (χ0) is 23.6. The maximum Gasteiger partial charge on any atom is 0.229 e. The van der Waals surface area contributed by atoms with E-state index in [1.807, 2.05) is 26.0 Å². The molecule has 0 saturated carbocycles. The van der Waals surface area contributed by atoms with Crippen LogP contribution in [0.2, 0.25) is 0 Å². The summed E-state index contributed by atoms with van der Waals surface area (Å²) in [5.41, 5.74) is 3.03. The number of furan rings is 1. The molecule has 0 aliphatic heterocycles. The highest BCUT2D eigenvalue weighted by molar-refractivity contribution is 7.91. The number of carbonyl (C=O) groups excluding carboxylic acids is 1. The number of nitrogens with zero attached hydrogens (tertiary/aromatic N) is 2. The summed E-state index contributed by atoms with van der Waals surface area (Å²) in [6, 6.07) is 12.2. The molecule has 2 heterocycles. The van der Waals surface area contributed by atoms with Crippen LogP contribution in [-0.4, -0.2) is 25.1 Å². The first-order chi connectivity index (χ1) is 15.7. The van der Waals surface area contributed by atoms with Crippen LogP contribution >= 0.6 is 11.3 Å². The van der Waals surface area contributed by atoms with Crippen LogP contribution in [0.4, 0.5) is 9.52 Å². The van der Waals surface area contributed by atoms with Gasteiger partial charge in [-0.1, -0.05) is 17.4 Å². The van der Waals surface area contributed by atoms with Crippen molar-refractivity contribution < 1.29 is 22.0 Å². The number of halogens is 1. The Balaban J connectivity index is 1.53. The van der Waals surface area contributed by atoms with Crippen molar-refractivity contribution in [1.82, 2.24) is 4.98 Å². The molecule has 0 unspecified atom stereocenters. The number of fused-ring (bicyclic) bond motifs is 1. The molecule has 0 radical (unpaired) electrons. The van der Waals surface area contributed by atoms with Crippen LogP contribution in [0.25, 0.3) is 10.2 Å². The number of carbonyl (C=O) groups is 1. The number of benzene rings is 2. The molecule has 0 saturated heterocycles. The van der Waals surface area contributed by atoms with Crippen LogP contribution in [0, 0.1) is 19.7 Å². The van der Waals surface area contributed by atoms with Gasteiger partial charge in [0.05, 0.1) is 33.7 Å². The van der Waals surface area contributed by atoms with Crippen LogP contribution in [-0.2, 0) is 21.2 Å². The number of aryl methyl sites for hydroxylation is 2. The number of sulfone groups is 1. The molecule has 0 N–H and O–H groups in total. The second-order valence-corrected chi connectivity index (χ2v) is 10.9. The second-order valence-electron chi connectivity index (χ2n) is 7.79. The zero-order valence-corrected chi connectivity index (χ0v) is 19.9. The fourth-order valence-electron chi connectivity index (χ4n) is 3.46. The van der Waals surface area contributed by atoms with Crippen molar-refractivity contribution in [3.8, 4) is 0 Å². The monoisotopic (exact) mass is 486 g/mol. The third-order valence-corrected chi connectivity index (χ3v) is 8.34. The van der Waals surface area contributed by atoms with Gasteiger partial charge < -0.3 is 4.42 Å². The summed E-state index contributed by atoms with van der Waals surface area (Å²) < 4.78 is 44.6. The molecule has 0 bridgehead atoms. The number of hydrogen-bond acceptors (Lipinski definition) is 6. The maximum atomic E-state index is 13.2. The van der Waals surface area contributed by atoms with E-state index in [0.29, 0.717) is 10.9 Å². The van der Waals surface area contributed by atoms with Gasteiger partial charge in [-0.25, -0.2) is 17.8 Å². The van der Waals surface area contributed by atoms with Gasteiger partial charge in [-0.05, 0) is 73.9 Å². The molecule has 9 heteroatoms. The smallest absolute Gasteiger partial charge is 0.229 e. The molecule has 0 aliphatic rings. The first-order valence-corrected chi connectivity index (χ1v) is 12.9. The molecular formula is C24H23FN2O4S2. The predicted molar refractivity (Wildman–Crippen MR) is 127 cm³/mol. The van der Waals surface area contributed by atoms with Crippen molar-refractivity contribution in [3.05, 3.63) is 77.5 Å². The molecule has 2 aromatic carbocycles.